The number of para-hydroxylation sites is 1. The first-order valence-electron chi connectivity index (χ1n) is 5.68. The number of benzene rings is 1. The predicted molar refractivity (Wildman–Crippen MR) is 67.1 cm³/mol. The van der Waals surface area contributed by atoms with Gasteiger partial charge in [0.2, 0.25) is 0 Å². The van der Waals surface area contributed by atoms with E-state index >= 15 is 0 Å². The van der Waals surface area contributed by atoms with E-state index in [0.29, 0.717) is 11.6 Å². The van der Waals surface area contributed by atoms with Crippen LogP contribution in [-0.4, -0.2) is 13.6 Å². The van der Waals surface area contributed by atoms with Crippen molar-refractivity contribution in [3.05, 3.63) is 29.6 Å². The predicted octanol–water partition coefficient (Wildman–Crippen LogP) is 2.94. The maximum Gasteiger partial charge on any atom is 0.146 e. The average molecular weight is 224 g/mol. The summed E-state index contributed by atoms with van der Waals surface area (Å²) >= 11 is 0. The minimum atomic E-state index is -0.196. The van der Waals surface area contributed by atoms with Crippen LogP contribution in [0.5, 0.6) is 0 Å². The molecule has 0 aromatic heterocycles. The number of anilines is 1. The fraction of sp³-hybridized carbons (Fsp3) is 0.538. The van der Waals surface area contributed by atoms with E-state index in [1.165, 1.54) is 6.07 Å². The smallest absolute Gasteiger partial charge is 0.146 e. The molecule has 1 unspecified atom stereocenters. The highest BCUT2D eigenvalue weighted by atomic mass is 19.1. The first kappa shape index (κ1) is 13.0. The topological polar surface area (TPSA) is 29.3 Å². The van der Waals surface area contributed by atoms with Crippen LogP contribution >= 0.6 is 0 Å². The van der Waals surface area contributed by atoms with Gasteiger partial charge in [-0.15, -0.1) is 0 Å². The van der Waals surface area contributed by atoms with Crippen molar-refractivity contribution in [1.82, 2.24) is 0 Å². The second kappa shape index (κ2) is 5.30. The van der Waals surface area contributed by atoms with Gasteiger partial charge in [-0.25, -0.2) is 4.39 Å². The normalized spacial score (nSPS) is 12.9. The van der Waals surface area contributed by atoms with E-state index in [4.69, 9.17) is 5.73 Å². The molecule has 16 heavy (non-hydrogen) atoms. The number of halogens is 1. The Labute approximate surface area is 97.3 Å². The molecule has 0 saturated heterocycles. The maximum atomic E-state index is 13.8. The Bertz CT molecular complexity index is 348. The molecule has 90 valence electrons. The Morgan fingerprint density at radius 2 is 1.94 bits per heavy atom. The molecule has 0 aliphatic carbocycles. The van der Waals surface area contributed by atoms with Gasteiger partial charge >= 0.3 is 0 Å². The minimum Gasteiger partial charge on any atom is -0.372 e. The summed E-state index contributed by atoms with van der Waals surface area (Å²) < 4.78 is 13.8. The summed E-state index contributed by atoms with van der Waals surface area (Å²) in [5.41, 5.74) is 7.35. The Hall–Kier alpha value is -1.09. The number of nitrogens with two attached hydrogens (primary N) is 1. The van der Waals surface area contributed by atoms with E-state index < -0.39 is 0 Å². The van der Waals surface area contributed by atoms with Crippen LogP contribution in [0.2, 0.25) is 0 Å². The summed E-state index contributed by atoms with van der Waals surface area (Å²) in [4.78, 5) is 1.94. The molecule has 1 rings (SSSR count). The monoisotopic (exact) mass is 224 g/mol. The van der Waals surface area contributed by atoms with Gasteiger partial charge in [-0.2, -0.15) is 0 Å². The van der Waals surface area contributed by atoms with Gasteiger partial charge in [-0.05, 0) is 24.5 Å². The summed E-state index contributed by atoms with van der Waals surface area (Å²) in [7, 11) is 1.91. The van der Waals surface area contributed by atoms with Gasteiger partial charge in [0.15, 0.2) is 0 Å². The lowest BCUT2D eigenvalue weighted by molar-refractivity contribution is 0.593. The third kappa shape index (κ3) is 2.95. The van der Waals surface area contributed by atoms with Crippen molar-refractivity contribution < 1.29 is 4.39 Å². The maximum absolute atomic E-state index is 13.8. The lowest BCUT2D eigenvalue weighted by Crippen LogP contribution is -2.26. The van der Waals surface area contributed by atoms with Crippen molar-refractivity contribution in [2.45, 2.75) is 26.8 Å². The van der Waals surface area contributed by atoms with E-state index in [0.717, 1.165) is 12.1 Å². The highest BCUT2D eigenvalue weighted by molar-refractivity contribution is 5.55. The van der Waals surface area contributed by atoms with Crippen molar-refractivity contribution in [2.75, 3.05) is 18.5 Å². The molecule has 0 amide bonds. The molecule has 2 N–H and O–H groups in total. The van der Waals surface area contributed by atoms with Crippen LogP contribution in [0.3, 0.4) is 0 Å². The van der Waals surface area contributed by atoms with Crippen molar-refractivity contribution >= 4 is 5.69 Å². The first-order valence-corrected chi connectivity index (χ1v) is 5.68. The quantitative estimate of drug-likeness (QED) is 0.852. The fourth-order valence-corrected chi connectivity index (χ4v) is 1.94. The van der Waals surface area contributed by atoms with Gasteiger partial charge in [0, 0.05) is 19.6 Å². The molecule has 0 radical (unpaired) electrons. The molecule has 1 aromatic rings. The van der Waals surface area contributed by atoms with Crippen LogP contribution < -0.4 is 10.6 Å². The molecule has 3 heteroatoms. The van der Waals surface area contributed by atoms with E-state index in [9.17, 15) is 4.39 Å². The minimum absolute atomic E-state index is 0.152. The molecule has 1 aromatic carbocycles. The van der Waals surface area contributed by atoms with Crippen LogP contribution in [0.15, 0.2) is 18.2 Å². The number of hydrogen-bond acceptors (Lipinski definition) is 2. The number of rotatable bonds is 4. The molecule has 0 fully saturated rings. The molecule has 2 nitrogen and oxygen atoms in total. The zero-order valence-electron chi connectivity index (χ0n) is 10.5. The number of hydrogen-bond donors (Lipinski definition) is 1. The van der Waals surface area contributed by atoms with Crippen LogP contribution in [-0.2, 0) is 0 Å². The first-order chi connectivity index (χ1) is 7.43. The van der Waals surface area contributed by atoms with Crippen molar-refractivity contribution in [1.29, 1.82) is 0 Å². The van der Waals surface area contributed by atoms with Gasteiger partial charge in [0.1, 0.15) is 5.82 Å². The third-order valence-corrected chi connectivity index (χ3v) is 2.53. The van der Waals surface area contributed by atoms with Crippen LogP contribution in [0.4, 0.5) is 10.1 Å². The fourth-order valence-electron chi connectivity index (χ4n) is 1.94. The molecule has 1 atom stereocenters. The summed E-state index contributed by atoms with van der Waals surface area (Å²) in [6.07, 6.45) is 0. The number of nitrogens with zero attached hydrogens (tertiary/aromatic N) is 1. The van der Waals surface area contributed by atoms with Gasteiger partial charge in [0.25, 0.3) is 0 Å². The molecular weight excluding hydrogens is 203 g/mol. The summed E-state index contributed by atoms with van der Waals surface area (Å²) in [5, 5.41) is 0. The van der Waals surface area contributed by atoms with E-state index in [2.05, 4.69) is 13.8 Å². The highest BCUT2D eigenvalue weighted by Crippen LogP contribution is 2.27. The third-order valence-electron chi connectivity index (χ3n) is 2.53. The lowest BCUT2D eigenvalue weighted by Gasteiger charge is -2.26. The van der Waals surface area contributed by atoms with Gasteiger partial charge in [0.05, 0.1) is 5.69 Å². The standard InChI is InChI=1S/C13H21FN2/c1-9(2)8-16(4)13-11(10(3)15)6-5-7-12(13)14/h5-7,9-10H,8,15H2,1-4H3. The zero-order chi connectivity index (χ0) is 12.3. The van der Waals surface area contributed by atoms with E-state index in [1.54, 1.807) is 6.07 Å². The van der Waals surface area contributed by atoms with E-state index in [1.807, 2.05) is 24.9 Å². The second-order valence-electron chi connectivity index (χ2n) is 4.74. The Morgan fingerprint density at radius 3 is 2.44 bits per heavy atom. The van der Waals surface area contributed by atoms with Crippen LogP contribution in [0.25, 0.3) is 0 Å². The summed E-state index contributed by atoms with van der Waals surface area (Å²) in [6, 6.07) is 4.93. The molecule has 0 heterocycles. The molecule has 0 saturated carbocycles. The average Bonchev–Trinajstić information content (AvgIpc) is 2.15. The van der Waals surface area contributed by atoms with Crippen molar-refractivity contribution in [2.24, 2.45) is 11.7 Å². The van der Waals surface area contributed by atoms with Crippen LogP contribution in [0, 0.1) is 11.7 Å². The molecule has 0 spiro atoms. The Kier molecular flexibility index (Phi) is 4.30. The Morgan fingerprint density at radius 1 is 1.31 bits per heavy atom. The zero-order valence-corrected chi connectivity index (χ0v) is 10.5. The van der Waals surface area contributed by atoms with Crippen molar-refractivity contribution in [3.63, 3.8) is 0 Å². The van der Waals surface area contributed by atoms with Gasteiger partial charge in [-0.3, -0.25) is 0 Å². The van der Waals surface area contributed by atoms with Gasteiger partial charge < -0.3 is 10.6 Å². The van der Waals surface area contributed by atoms with Gasteiger partial charge in [-0.1, -0.05) is 26.0 Å². The second-order valence-corrected chi connectivity index (χ2v) is 4.74. The largest absolute Gasteiger partial charge is 0.372 e. The summed E-state index contributed by atoms with van der Waals surface area (Å²) in [5.74, 6) is 0.295. The molecule has 0 aliphatic heterocycles. The SMILES string of the molecule is CC(C)CN(C)c1c(F)cccc1C(C)N. The Balaban J connectivity index is 3.09. The van der Waals surface area contributed by atoms with Crippen LogP contribution in [0.1, 0.15) is 32.4 Å². The summed E-state index contributed by atoms with van der Waals surface area (Å²) in [6.45, 7) is 6.92. The van der Waals surface area contributed by atoms with Crippen molar-refractivity contribution in [3.8, 4) is 0 Å². The molecular formula is C13H21FN2. The lowest BCUT2D eigenvalue weighted by atomic mass is 10.0. The molecule has 0 aliphatic rings. The molecule has 0 bridgehead atoms. The van der Waals surface area contributed by atoms with E-state index in [-0.39, 0.29) is 11.9 Å². The highest BCUT2D eigenvalue weighted by Gasteiger charge is 2.15.